The fraction of sp³-hybridized carbons (Fsp3) is 0.222. The van der Waals surface area contributed by atoms with Crippen LogP contribution in [0.4, 0.5) is 0 Å². The molecule has 5 heteroatoms. The SMILES string of the molecule is CCOC(=O)C#CC(O)/C=C(/C)c1cnc(-c2ccccc2)o1. The molecule has 0 aliphatic heterocycles. The number of aliphatic hydroxyl groups excluding tert-OH is 1. The summed E-state index contributed by atoms with van der Waals surface area (Å²) in [5, 5.41) is 9.80. The fourth-order valence-corrected chi connectivity index (χ4v) is 1.83. The van der Waals surface area contributed by atoms with Crippen LogP contribution in [-0.2, 0) is 9.53 Å². The number of allylic oxidation sites excluding steroid dienone is 1. The predicted octanol–water partition coefficient (Wildman–Crippen LogP) is 2.67. The van der Waals surface area contributed by atoms with Crippen LogP contribution in [0, 0.1) is 11.8 Å². The van der Waals surface area contributed by atoms with Gasteiger partial charge in [0.15, 0.2) is 5.76 Å². The lowest BCUT2D eigenvalue weighted by Crippen LogP contribution is -2.03. The van der Waals surface area contributed by atoms with Gasteiger partial charge in [0.2, 0.25) is 5.89 Å². The van der Waals surface area contributed by atoms with Crippen molar-refractivity contribution in [2.75, 3.05) is 6.61 Å². The smallest absolute Gasteiger partial charge is 0.384 e. The number of esters is 1. The fourth-order valence-electron chi connectivity index (χ4n) is 1.83. The molecule has 1 aromatic carbocycles. The summed E-state index contributed by atoms with van der Waals surface area (Å²) >= 11 is 0. The highest BCUT2D eigenvalue weighted by Crippen LogP contribution is 2.22. The normalized spacial score (nSPS) is 12.2. The molecule has 23 heavy (non-hydrogen) atoms. The molecule has 1 aromatic heterocycles. The Kier molecular flexibility index (Phi) is 5.73. The van der Waals surface area contributed by atoms with Crippen LogP contribution < -0.4 is 0 Å². The van der Waals surface area contributed by atoms with E-state index < -0.39 is 12.1 Å². The van der Waals surface area contributed by atoms with E-state index in [0.29, 0.717) is 17.2 Å². The summed E-state index contributed by atoms with van der Waals surface area (Å²) in [4.78, 5) is 15.3. The number of rotatable bonds is 4. The van der Waals surface area contributed by atoms with Crippen molar-refractivity contribution < 1.29 is 19.1 Å². The van der Waals surface area contributed by atoms with Crippen LogP contribution in [0.3, 0.4) is 0 Å². The van der Waals surface area contributed by atoms with E-state index in [2.05, 4.69) is 21.6 Å². The second kappa shape index (κ2) is 7.97. The zero-order valence-electron chi connectivity index (χ0n) is 12.9. The monoisotopic (exact) mass is 311 g/mol. The van der Waals surface area contributed by atoms with E-state index in [1.807, 2.05) is 30.3 Å². The molecule has 2 aromatic rings. The molecule has 1 unspecified atom stereocenters. The van der Waals surface area contributed by atoms with Crippen molar-refractivity contribution in [3.05, 3.63) is 48.4 Å². The van der Waals surface area contributed by atoms with Crippen LogP contribution in [0.25, 0.3) is 17.0 Å². The van der Waals surface area contributed by atoms with Gasteiger partial charge in [-0.15, -0.1) is 0 Å². The van der Waals surface area contributed by atoms with Crippen LogP contribution in [0.5, 0.6) is 0 Å². The van der Waals surface area contributed by atoms with Crippen molar-refractivity contribution in [3.63, 3.8) is 0 Å². The number of benzene rings is 1. The summed E-state index contributed by atoms with van der Waals surface area (Å²) in [6.45, 7) is 3.71. The third kappa shape index (κ3) is 4.83. The van der Waals surface area contributed by atoms with Gasteiger partial charge in [-0.25, -0.2) is 9.78 Å². The summed E-state index contributed by atoms with van der Waals surface area (Å²) in [6, 6.07) is 9.51. The van der Waals surface area contributed by atoms with Gasteiger partial charge in [-0.1, -0.05) is 24.1 Å². The Morgan fingerprint density at radius 3 is 2.87 bits per heavy atom. The first-order chi connectivity index (χ1) is 11.1. The van der Waals surface area contributed by atoms with E-state index in [1.54, 1.807) is 20.0 Å². The lowest BCUT2D eigenvalue weighted by molar-refractivity contribution is -0.136. The van der Waals surface area contributed by atoms with E-state index in [0.717, 1.165) is 5.56 Å². The van der Waals surface area contributed by atoms with Crippen molar-refractivity contribution in [1.29, 1.82) is 0 Å². The molecular formula is C18H17NO4. The first kappa shape index (κ1) is 16.5. The largest absolute Gasteiger partial charge is 0.456 e. The molecule has 0 fully saturated rings. The Bertz CT molecular complexity index is 750. The van der Waals surface area contributed by atoms with Gasteiger partial charge in [0.25, 0.3) is 0 Å². The minimum atomic E-state index is -1.09. The Morgan fingerprint density at radius 2 is 2.17 bits per heavy atom. The molecule has 0 aliphatic carbocycles. The second-order valence-corrected chi connectivity index (χ2v) is 4.68. The molecule has 1 N–H and O–H groups in total. The highest BCUT2D eigenvalue weighted by atomic mass is 16.5. The van der Waals surface area contributed by atoms with E-state index in [1.165, 1.54) is 6.08 Å². The summed E-state index contributed by atoms with van der Waals surface area (Å²) in [5.74, 6) is 4.98. The summed E-state index contributed by atoms with van der Waals surface area (Å²) in [6.07, 6.45) is 1.98. The van der Waals surface area contributed by atoms with Crippen molar-refractivity contribution in [1.82, 2.24) is 4.98 Å². The quantitative estimate of drug-likeness (QED) is 0.534. The number of aliphatic hydroxyl groups is 1. The average molecular weight is 311 g/mol. The van der Waals surface area contributed by atoms with Gasteiger partial charge in [-0.2, -0.15) is 0 Å². The number of ether oxygens (including phenoxy) is 1. The number of aromatic nitrogens is 1. The van der Waals surface area contributed by atoms with Gasteiger partial charge in [0.05, 0.1) is 12.8 Å². The van der Waals surface area contributed by atoms with Crippen LogP contribution in [-0.4, -0.2) is 28.8 Å². The minimum absolute atomic E-state index is 0.249. The summed E-state index contributed by atoms with van der Waals surface area (Å²) in [5.41, 5.74) is 1.54. The molecule has 5 nitrogen and oxygen atoms in total. The van der Waals surface area contributed by atoms with Gasteiger partial charge in [0.1, 0.15) is 6.10 Å². The first-order valence-electron chi connectivity index (χ1n) is 7.16. The molecule has 0 amide bonds. The van der Waals surface area contributed by atoms with Crippen molar-refractivity contribution >= 4 is 11.5 Å². The average Bonchev–Trinajstić information content (AvgIpc) is 3.04. The number of nitrogens with zero attached hydrogens (tertiary/aromatic N) is 1. The highest BCUT2D eigenvalue weighted by Gasteiger charge is 2.08. The molecule has 1 heterocycles. The molecule has 0 spiro atoms. The summed E-state index contributed by atoms with van der Waals surface area (Å²) in [7, 11) is 0. The van der Waals surface area contributed by atoms with Gasteiger partial charge >= 0.3 is 5.97 Å². The van der Waals surface area contributed by atoms with E-state index in [-0.39, 0.29) is 6.61 Å². The molecule has 1 atom stereocenters. The third-order valence-corrected chi connectivity index (χ3v) is 2.92. The van der Waals surface area contributed by atoms with Crippen LogP contribution in [0.15, 0.2) is 47.0 Å². The maximum absolute atomic E-state index is 11.1. The van der Waals surface area contributed by atoms with Gasteiger partial charge in [-0.05, 0) is 37.6 Å². The zero-order chi connectivity index (χ0) is 16.7. The van der Waals surface area contributed by atoms with E-state index >= 15 is 0 Å². The Balaban J connectivity index is 2.09. The molecule has 0 bridgehead atoms. The topological polar surface area (TPSA) is 72.6 Å². The second-order valence-electron chi connectivity index (χ2n) is 4.68. The highest BCUT2D eigenvalue weighted by molar-refractivity contribution is 5.88. The first-order valence-corrected chi connectivity index (χ1v) is 7.16. The zero-order valence-corrected chi connectivity index (χ0v) is 12.9. The van der Waals surface area contributed by atoms with Crippen molar-refractivity contribution in [2.45, 2.75) is 20.0 Å². The molecule has 0 aliphatic rings. The number of hydrogen-bond donors (Lipinski definition) is 1. The van der Waals surface area contributed by atoms with Gasteiger partial charge < -0.3 is 14.3 Å². The van der Waals surface area contributed by atoms with E-state index in [4.69, 9.17) is 4.42 Å². The summed E-state index contributed by atoms with van der Waals surface area (Å²) < 4.78 is 10.3. The molecule has 2 rings (SSSR count). The predicted molar refractivity (Wildman–Crippen MR) is 86.0 cm³/mol. The Labute approximate surface area is 134 Å². The van der Waals surface area contributed by atoms with Gasteiger partial charge in [-0.3, -0.25) is 0 Å². The maximum atomic E-state index is 11.1. The van der Waals surface area contributed by atoms with Crippen LogP contribution in [0.2, 0.25) is 0 Å². The standard InChI is InChI=1S/C18H17NO4/c1-3-22-17(21)10-9-15(20)11-13(2)16-12-19-18(23-16)14-7-5-4-6-8-14/h4-8,11-12,15,20H,3H2,1-2H3/b13-11-. The molecule has 0 saturated carbocycles. The Morgan fingerprint density at radius 1 is 1.43 bits per heavy atom. The molecule has 118 valence electrons. The van der Waals surface area contributed by atoms with Crippen molar-refractivity contribution in [3.8, 4) is 23.3 Å². The number of carbonyl (C=O) groups excluding carboxylic acids is 1. The van der Waals surface area contributed by atoms with Crippen molar-refractivity contribution in [2.24, 2.45) is 0 Å². The number of hydrogen-bond acceptors (Lipinski definition) is 5. The Hall–Kier alpha value is -2.84. The lowest BCUT2D eigenvalue weighted by atomic mass is 10.2. The number of oxazole rings is 1. The van der Waals surface area contributed by atoms with Gasteiger partial charge in [0, 0.05) is 11.5 Å². The third-order valence-electron chi connectivity index (χ3n) is 2.92. The maximum Gasteiger partial charge on any atom is 0.384 e. The molecular weight excluding hydrogens is 294 g/mol. The lowest BCUT2D eigenvalue weighted by Gasteiger charge is -1.99. The van der Waals surface area contributed by atoms with Crippen LogP contribution >= 0.6 is 0 Å². The minimum Gasteiger partial charge on any atom is -0.456 e. The molecule has 0 saturated heterocycles. The van der Waals surface area contributed by atoms with E-state index in [9.17, 15) is 9.90 Å². The molecule has 0 radical (unpaired) electrons. The van der Waals surface area contributed by atoms with Crippen LogP contribution in [0.1, 0.15) is 19.6 Å². The number of carbonyl (C=O) groups is 1.